The Morgan fingerprint density at radius 2 is 1.68 bits per heavy atom. The summed E-state index contributed by atoms with van der Waals surface area (Å²) in [5.41, 5.74) is 0.540. The summed E-state index contributed by atoms with van der Waals surface area (Å²) in [5.74, 6) is 2.42. The highest BCUT2D eigenvalue weighted by Crippen LogP contribution is 2.45. The summed E-state index contributed by atoms with van der Waals surface area (Å²) in [6.07, 6.45) is 0. The largest absolute Gasteiger partial charge is 0.495 e. The van der Waals surface area contributed by atoms with Gasteiger partial charge < -0.3 is 23.0 Å². The number of aromatic nitrogens is 4. The molecule has 0 amide bonds. The summed E-state index contributed by atoms with van der Waals surface area (Å²) >= 11 is 0. The van der Waals surface area contributed by atoms with Crippen molar-refractivity contribution >= 4 is 38.6 Å². The average Bonchev–Trinajstić information content (AvgIpc) is 3.51. The zero-order chi connectivity index (χ0) is 26.0. The van der Waals surface area contributed by atoms with Crippen molar-refractivity contribution in [3.05, 3.63) is 56.8 Å². The van der Waals surface area contributed by atoms with Crippen LogP contribution in [0.2, 0.25) is 0 Å². The van der Waals surface area contributed by atoms with Crippen LogP contribution >= 0.6 is 0 Å². The van der Waals surface area contributed by atoms with Crippen LogP contribution in [0.15, 0.2) is 48.8 Å². The van der Waals surface area contributed by atoms with Crippen LogP contribution in [0.3, 0.4) is 0 Å². The first-order valence-electron chi connectivity index (χ1n) is 11.5. The summed E-state index contributed by atoms with van der Waals surface area (Å²) in [6.45, 7) is 4.07. The first-order chi connectivity index (χ1) is 17.9. The van der Waals surface area contributed by atoms with E-state index < -0.39 is 11.1 Å². The fraction of sp³-hybridized carbons (Fsp3) is 0.231. The van der Waals surface area contributed by atoms with E-state index in [-0.39, 0.29) is 17.1 Å². The molecule has 11 nitrogen and oxygen atoms in total. The number of ether oxygens (including phenoxy) is 3. The van der Waals surface area contributed by atoms with Gasteiger partial charge in [-0.2, -0.15) is 9.61 Å². The van der Waals surface area contributed by atoms with Gasteiger partial charge in [0.15, 0.2) is 17.1 Å². The molecule has 11 heteroatoms. The monoisotopic (exact) mass is 502 g/mol. The molecule has 0 unspecified atom stereocenters. The molecule has 188 valence electrons. The van der Waals surface area contributed by atoms with Crippen LogP contribution in [0, 0.1) is 0 Å². The van der Waals surface area contributed by atoms with Gasteiger partial charge in [-0.05, 0) is 24.3 Å². The maximum atomic E-state index is 12.8. The van der Waals surface area contributed by atoms with Gasteiger partial charge in [0.1, 0.15) is 28.4 Å². The number of H-pyrrole nitrogens is 1. The highest BCUT2D eigenvalue weighted by Gasteiger charge is 2.25. The fourth-order valence-corrected chi connectivity index (χ4v) is 4.58. The Morgan fingerprint density at radius 3 is 2.38 bits per heavy atom. The number of aromatic amines is 1. The quantitative estimate of drug-likeness (QED) is 0.344. The Kier molecular flexibility index (Phi) is 4.97. The molecule has 4 heterocycles. The van der Waals surface area contributed by atoms with Gasteiger partial charge >= 0.3 is 11.1 Å². The Labute approximate surface area is 208 Å². The molecule has 0 aliphatic heterocycles. The van der Waals surface area contributed by atoms with Gasteiger partial charge in [0.2, 0.25) is 5.65 Å². The number of benzene rings is 2. The average molecular weight is 502 g/mol. The number of methoxy groups -OCH3 is 3. The lowest BCUT2D eigenvalue weighted by Crippen LogP contribution is -2.35. The molecule has 4 aromatic heterocycles. The Bertz CT molecular complexity index is 1980. The molecule has 1 N–H and O–H groups in total. The zero-order valence-corrected chi connectivity index (χ0v) is 20.7. The Balaban J connectivity index is 1.82. The zero-order valence-electron chi connectivity index (χ0n) is 20.7. The molecule has 6 aromatic rings. The molecule has 0 atom stereocenters. The van der Waals surface area contributed by atoms with Crippen LogP contribution in [0.25, 0.3) is 49.8 Å². The van der Waals surface area contributed by atoms with Crippen LogP contribution < -0.4 is 25.3 Å². The second-order valence-electron chi connectivity index (χ2n) is 8.81. The molecule has 0 bridgehead atoms. The first kappa shape index (κ1) is 22.7. The second kappa shape index (κ2) is 8.12. The first-order valence-corrected chi connectivity index (χ1v) is 11.5. The molecule has 2 aromatic carbocycles. The van der Waals surface area contributed by atoms with E-state index in [1.165, 1.54) is 14.2 Å². The van der Waals surface area contributed by atoms with E-state index in [4.69, 9.17) is 23.0 Å². The number of fused-ring (bicyclic) bond motifs is 6. The van der Waals surface area contributed by atoms with E-state index in [0.717, 1.165) is 15.7 Å². The van der Waals surface area contributed by atoms with E-state index in [1.54, 1.807) is 25.3 Å². The number of nitrogens with one attached hydrogen (secondary N) is 1. The molecule has 6 rings (SSSR count). The van der Waals surface area contributed by atoms with Crippen molar-refractivity contribution in [1.82, 2.24) is 19.8 Å². The fourth-order valence-electron chi connectivity index (χ4n) is 4.58. The maximum absolute atomic E-state index is 12.8. The summed E-state index contributed by atoms with van der Waals surface area (Å²) in [4.78, 5) is 24.9. The summed E-state index contributed by atoms with van der Waals surface area (Å²) in [7, 11) is 4.61. The lowest BCUT2D eigenvalue weighted by Gasteiger charge is -2.11. The van der Waals surface area contributed by atoms with Crippen molar-refractivity contribution in [1.29, 1.82) is 0 Å². The molecular weight excluding hydrogens is 480 g/mol. The lowest BCUT2D eigenvalue weighted by atomic mass is 10.0. The van der Waals surface area contributed by atoms with Crippen molar-refractivity contribution < 1.29 is 23.0 Å². The summed E-state index contributed by atoms with van der Waals surface area (Å²) < 4.78 is 29.9. The third-order valence-corrected chi connectivity index (χ3v) is 6.38. The molecular formula is C26H22N4O7. The standard InChI is InChI=1S/C26H22N4O7/c1-11(2)16-9-14-15(36-16)7-6-12(22(14)35-5)21-20-13-8-18(33-3)19(34-4)10-17(13)37-23(20)24-27-28-25(31)26(32)30(24)29-21/h6-11H,1-5H3,(H,28,31). The number of rotatable bonds is 5. The minimum Gasteiger partial charge on any atom is -0.495 e. The van der Waals surface area contributed by atoms with Crippen LogP contribution in [-0.2, 0) is 0 Å². The van der Waals surface area contributed by atoms with Gasteiger partial charge in [-0.1, -0.05) is 13.8 Å². The molecule has 0 aliphatic carbocycles. The highest BCUT2D eigenvalue weighted by atomic mass is 16.5. The normalized spacial score (nSPS) is 11.8. The molecule has 0 radical (unpaired) electrons. The highest BCUT2D eigenvalue weighted by molar-refractivity contribution is 6.16. The third kappa shape index (κ3) is 3.20. The SMILES string of the molecule is COc1cc2oc3c(c(-c4ccc5oc(C(C)C)cc5c4OC)nn4c(=O)c(=O)[nH]nc34)c2cc1OC. The molecule has 37 heavy (non-hydrogen) atoms. The Hall–Kier alpha value is -4.80. The number of furan rings is 2. The number of nitrogens with zero attached hydrogens (tertiary/aromatic N) is 3. The van der Waals surface area contributed by atoms with E-state index >= 15 is 0 Å². The van der Waals surface area contributed by atoms with Gasteiger partial charge in [0.05, 0.1) is 32.1 Å². The van der Waals surface area contributed by atoms with E-state index in [1.807, 2.05) is 26.0 Å². The van der Waals surface area contributed by atoms with Crippen LogP contribution in [0.1, 0.15) is 25.5 Å². The van der Waals surface area contributed by atoms with Crippen molar-refractivity contribution in [2.24, 2.45) is 0 Å². The van der Waals surface area contributed by atoms with Crippen molar-refractivity contribution in [3.8, 4) is 28.5 Å². The van der Waals surface area contributed by atoms with Gasteiger partial charge in [-0.25, -0.2) is 5.10 Å². The smallest absolute Gasteiger partial charge is 0.340 e. The van der Waals surface area contributed by atoms with E-state index in [2.05, 4.69) is 15.3 Å². The maximum Gasteiger partial charge on any atom is 0.340 e. The molecule has 0 saturated heterocycles. The minimum absolute atomic E-state index is 0.0583. The number of hydrogen-bond donors (Lipinski definition) is 1. The van der Waals surface area contributed by atoms with Gasteiger partial charge in [-0.3, -0.25) is 9.59 Å². The summed E-state index contributed by atoms with van der Waals surface area (Å²) in [6, 6.07) is 9.00. The van der Waals surface area contributed by atoms with Crippen molar-refractivity contribution in [2.45, 2.75) is 19.8 Å². The van der Waals surface area contributed by atoms with Crippen molar-refractivity contribution in [2.75, 3.05) is 21.3 Å². The van der Waals surface area contributed by atoms with E-state index in [0.29, 0.717) is 50.4 Å². The summed E-state index contributed by atoms with van der Waals surface area (Å²) in [5, 5.41) is 12.8. The van der Waals surface area contributed by atoms with Crippen molar-refractivity contribution in [3.63, 3.8) is 0 Å². The van der Waals surface area contributed by atoms with Gasteiger partial charge in [-0.15, -0.1) is 5.10 Å². The van der Waals surface area contributed by atoms with E-state index in [9.17, 15) is 9.59 Å². The lowest BCUT2D eigenvalue weighted by molar-refractivity contribution is 0.355. The second-order valence-corrected chi connectivity index (χ2v) is 8.81. The number of hydrogen-bond acceptors (Lipinski definition) is 9. The Morgan fingerprint density at radius 1 is 0.919 bits per heavy atom. The van der Waals surface area contributed by atoms with Crippen LogP contribution in [-0.4, -0.2) is 41.1 Å². The third-order valence-electron chi connectivity index (χ3n) is 6.38. The minimum atomic E-state index is -0.909. The molecule has 0 spiro atoms. The predicted octanol–water partition coefficient (Wildman–Crippen LogP) is 4.24. The molecule has 0 fully saturated rings. The molecule has 0 aliphatic rings. The molecule has 0 saturated carbocycles. The van der Waals surface area contributed by atoms with Gasteiger partial charge in [0, 0.05) is 22.9 Å². The van der Waals surface area contributed by atoms with Crippen LogP contribution in [0.5, 0.6) is 17.2 Å². The topological polar surface area (TPSA) is 134 Å². The van der Waals surface area contributed by atoms with Crippen LogP contribution in [0.4, 0.5) is 0 Å². The van der Waals surface area contributed by atoms with Gasteiger partial charge in [0.25, 0.3) is 0 Å². The predicted molar refractivity (Wildman–Crippen MR) is 136 cm³/mol.